The minimum absolute atomic E-state index is 0. The van der Waals surface area contributed by atoms with Gasteiger partial charge in [0.1, 0.15) is 24.7 Å². The molecule has 2 rings (SSSR count). The Morgan fingerprint density at radius 1 is 1.27 bits per heavy atom. The molecule has 26 heavy (non-hydrogen) atoms. The Balaban J connectivity index is 0.00000338. The van der Waals surface area contributed by atoms with Crippen molar-refractivity contribution in [1.82, 2.24) is 20.4 Å². The van der Waals surface area contributed by atoms with E-state index in [2.05, 4.69) is 20.4 Å². The number of aryl methyl sites for hydroxylation is 1. The number of guanidine groups is 1. The number of hydrogen-bond donors (Lipinski definition) is 1. The summed E-state index contributed by atoms with van der Waals surface area (Å²) < 4.78 is 15.8. The standard InChI is InChI=1S/C17H25N5O3.HI/c1-5-18-17(19-12-16-20-13(2)25-21-16)22(3)10-11-24-15-8-6-14(23-4)7-9-15;/h6-9H,5,10-12H2,1-4H3,(H,18,19);1H. The summed E-state index contributed by atoms with van der Waals surface area (Å²) in [6, 6.07) is 7.52. The lowest BCUT2D eigenvalue weighted by Gasteiger charge is -2.22. The van der Waals surface area contributed by atoms with Gasteiger partial charge in [0.2, 0.25) is 5.89 Å². The van der Waals surface area contributed by atoms with Crippen molar-refractivity contribution in [1.29, 1.82) is 0 Å². The van der Waals surface area contributed by atoms with E-state index in [0.29, 0.717) is 31.4 Å². The van der Waals surface area contributed by atoms with Gasteiger partial charge in [0.25, 0.3) is 0 Å². The smallest absolute Gasteiger partial charge is 0.223 e. The second kappa shape index (κ2) is 11.6. The third-order valence-corrected chi connectivity index (χ3v) is 3.39. The average molecular weight is 475 g/mol. The average Bonchev–Trinajstić information content (AvgIpc) is 3.04. The Labute approximate surface area is 171 Å². The molecule has 1 heterocycles. The molecule has 0 bridgehead atoms. The zero-order chi connectivity index (χ0) is 18.1. The second-order valence-electron chi connectivity index (χ2n) is 5.35. The number of aromatic nitrogens is 2. The summed E-state index contributed by atoms with van der Waals surface area (Å²) in [6.45, 7) is 6.14. The number of nitrogens with one attached hydrogen (secondary N) is 1. The molecule has 2 aromatic rings. The summed E-state index contributed by atoms with van der Waals surface area (Å²) in [5, 5.41) is 7.09. The Bertz CT molecular complexity index is 675. The van der Waals surface area contributed by atoms with Crippen LogP contribution in [0, 0.1) is 6.92 Å². The molecule has 1 N–H and O–H groups in total. The van der Waals surface area contributed by atoms with Crippen molar-refractivity contribution in [3.8, 4) is 11.5 Å². The Morgan fingerprint density at radius 2 is 1.96 bits per heavy atom. The molecule has 0 aliphatic heterocycles. The van der Waals surface area contributed by atoms with E-state index in [9.17, 15) is 0 Å². The van der Waals surface area contributed by atoms with E-state index < -0.39 is 0 Å². The number of halogens is 1. The summed E-state index contributed by atoms with van der Waals surface area (Å²) in [5.41, 5.74) is 0. The van der Waals surface area contributed by atoms with Crippen molar-refractivity contribution >= 4 is 29.9 Å². The number of hydrogen-bond acceptors (Lipinski definition) is 6. The van der Waals surface area contributed by atoms with Crippen LogP contribution in [0.3, 0.4) is 0 Å². The van der Waals surface area contributed by atoms with E-state index in [0.717, 1.165) is 24.0 Å². The highest BCUT2D eigenvalue weighted by Crippen LogP contribution is 2.16. The van der Waals surface area contributed by atoms with Gasteiger partial charge in [-0.25, -0.2) is 4.99 Å². The first-order valence-electron chi connectivity index (χ1n) is 8.18. The van der Waals surface area contributed by atoms with Crippen LogP contribution in [0.25, 0.3) is 0 Å². The predicted molar refractivity (Wildman–Crippen MR) is 110 cm³/mol. The van der Waals surface area contributed by atoms with Crippen LogP contribution >= 0.6 is 24.0 Å². The second-order valence-corrected chi connectivity index (χ2v) is 5.35. The van der Waals surface area contributed by atoms with E-state index >= 15 is 0 Å². The van der Waals surface area contributed by atoms with Gasteiger partial charge in [-0.15, -0.1) is 24.0 Å². The number of likely N-dealkylation sites (N-methyl/N-ethyl adjacent to an activating group) is 1. The molecule has 8 nitrogen and oxygen atoms in total. The first kappa shape index (κ1) is 22.0. The number of methoxy groups -OCH3 is 1. The first-order valence-corrected chi connectivity index (χ1v) is 8.18. The lowest BCUT2D eigenvalue weighted by atomic mass is 10.3. The van der Waals surface area contributed by atoms with Gasteiger partial charge < -0.3 is 24.2 Å². The van der Waals surface area contributed by atoms with Crippen LogP contribution in [0.1, 0.15) is 18.6 Å². The lowest BCUT2D eigenvalue weighted by Crippen LogP contribution is -2.40. The normalized spacial score (nSPS) is 10.8. The Hall–Kier alpha value is -2.04. The molecule has 0 atom stereocenters. The van der Waals surface area contributed by atoms with Gasteiger partial charge in [0, 0.05) is 20.5 Å². The molecule has 0 aliphatic rings. The van der Waals surface area contributed by atoms with Crippen molar-refractivity contribution in [2.24, 2.45) is 4.99 Å². The van der Waals surface area contributed by atoms with Crippen LogP contribution in [0.2, 0.25) is 0 Å². The molecule has 0 amide bonds. The topological polar surface area (TPSA) is 85.0 Å². The van der Waals surface area contributed by atoms with Gasteiger partial charge in [-0.05, 0) is 31.2 Å². The van der Waals surface area contributed by atoms with Crippen molar-refractivity contribution in [2.75, 3.05) is 33.9 Å². The highest BCUT2D eigenvalue weighted by atomic mass is 127. The fraction of sp³-hybridized carbons (Fsp3) is 0.471. The molecule has 144 valence electrons. The van der Waals surface area contributed by atoms with Crippen LogP contribution in [0.5, 0.6) is 11.5 Å². The fourth-order valence-electron chi connectivity index (χ4n) is 2.10. The van der Waals surface area contributed by atoms with Crippen molar-refractivity contribution in [2.45, 2.75) is 20.4 Å². The van der Waals surface area contributed by atoms with E-state index in [4.69, 9.17) is 14.0 Å². The quantitative estimate of drug-likeness (QED) is 0.357. The number of nitrogens with zero attached hydrogens (tertiary/aromatic N) is 4. The SMILES string of the molecule is CCNC(=NCc1noc(C)n1)N(C)CCOc1ccc(OC)cc1.I. The molecule has 9 heteroatoms. The molecule has 0 saturated heterocycles. The maximum atomic E-state index is 5.75. The van der Waals surface area contributed by atoms with Gasteiger partial charge in [-0.1, -0.05) is 5.16 Å². The third-order valence-electron chi connectivity index (χ3n) is 3.39. The fourth-order valence-corrected chi connectivity index (χ4v) is 2.10. The van der Waals surface area contributed by atoms with Gasteiger partial charge in [0.05, 0.1) is 13.7 Å². The molecule has 1 aromatic carbocycles. The van der Waals surface area contributed by atoms with Crippen LogP contribution in [-0.4, -0.2) is 54.9 Å². The molecule has 0 fully saturated rings. The van der Waals surface area contributed by atoms with Gasteiger partial charge >= 0.3 is 0 Å². The largest absolute Gasteiger partial charge is 0.497 e. The Kier molecular flexibility index (Phi) is 9.78. The zero-order valence-electron chi connectivity index (χ0n) is 15.6. The third kappa shape index (κ3) is 7.06. The predicted octanol–water partition coefficient (Wildman–Crippen LogP) is 2.48. The van der Waals surface area contributed by atoms with E-state index in [1.54, 1.807) is 14.0 Å². The number of aliphatic imine (C=N–C) groups is 1. The molecular weight excluding hydrogens is 449 g/mol. The molecule has 0 saturated carbocycles. The molecule has 0 unspecified atom stereocenters. The molecule has 0 spiro atoms. The summed E-state index contributed by atoms with van der Waals surface area (Å²) in [5.74, 6) is 3.48. The maximum absolute atomic E-state index is 5.75. The summed E-state index contributed by atoms with van der Waals surface area (Å²) >= 11 is 0. The Morgan fingerprint density at radius 3 is 2.54 bits per heavy atom. The van der Waals surface area contributed by atoms with Gasteiger partial charge in [0.15, 0.2) is 11.8 Å². The van der Waals surface area contributed by atoms with Crippen LogP contribution < -0.4 is 14.8 Å². The van der Waals surface area contributed by atoms with Gasteiger partial charge in [-0.3, -0.25) is 0 Å². The molecule has 1 aromatic heterocycles. The highest BCUT2D eigenvalue weighted by molar-refractivity contribution is 14.0. The lowest BCUT2D eigenvalue weighted by molar-refractivity contribution is 0.281. The number of ether oxygens (including phenoxy) is 2. The summed E-state index contributed by atoms with van der Waals surface area (Å²) in [4.78, 5) is 10.7. The monoisotopic (exact) mass is 475 g/mol. The van der Waals surface area contributed by atoms with Crippen molar-refractivity contribution < 1.29 is 14.0 Å². The highest BCUT2D eigenvalue weighted by Gasteiger charge is 2.07. The maximum Gasteiger partial charge on any atom is 0.223 e. The van der Waals surface area contributed by atoms with Crippen LogP contribution in [-0.2, 0) is 6.54 Å². The van der Waals surface area contributed by atoms with E-state index in [1.807, 2.05) is 43.1 Å². The van der Waals surface area contributed by atoms with Crippen molar-refractivity contribution in [3.05, 3.63) is 36.0 Å². The molecule has 0 aliphatic carbocycles. The van der Waals surface area contributed by atoms with Crippen LogP contribution in [0.15, 0.2) is 33.8 Å². The van der Waals surface area contributed by atoms with E-state index in [-0.39, 0.29) is 24.0 Å². The van der Waals surface area contributed by atoms with Crippen LogP contribution in [0.4, 0.5) is 0 Å². The minimum atomic E-state index is 0. The first-order chi connectivity index (χ1) is 12.1. The number of benzene rings is 1. The molecule has 0 radical (unpaired) electrons. The minimum Gasteiger partial charge on any atom is -0.497 e. The van der Waals surface area contributed by atoms with Gasteiger partial charge in [-0.2, -0.15) is 4.98 Å². The number of rotatable bonds is 8. The molecular formula is C17H26IN5O3. The summed E-state index contributed by atoms with van der Waals surface area (Å²) in [6.07, 6.45) is 0. The summed E-state index contributed by atoms with van der Waals surface area (Å²) in [7, 11) is 3.60. The van der Waals surface area contributed by atoms with Crippen molar-refractivity contribution in [3.63, 3.8) is 0 Å². The van der Waals surface area contributed by atoms with E-state index in [1.165, 1.54) is 0 Å². The zero-order valence-corrected chi connectivity index (χ0v) is 17.9.